The van der Waals surface area contributed by atoms with E-state index in [0.717, 1.165) is 26.1 Å². The van der Waals surface area contributed by atoms with Crippen molar-refractivity contribution in [2.45, 2.75) is 25.9 Å². The van der Waals surface area contributed by atoms with Crippen molar-refractivity contribution >= 4 is 0 Å². The first-order valence-electron chi connectivity index (χ1n) is 4.81. The van der Waals surface area contributed by atoms with E-state index in [0.29, 0.717) is 6.54 Å². The van der Waals surface area contributed by atoms with E-state index in [9.17, 15) is 0 Å². The molecule has 0 aromatic carbocycles. The monoisotopic (exact) mass is 185 g/mol. The molecule has 0 aliphatic carbocycles. The summed E-state index contributed by atoms with van der Waals surface area (Å²) in [5, 5.41) is 6.33. The van der Waals surface area contributed by atoms with Crippen molar-refractivity contribution in [3.8, 4) is 0 Å². The van der Waals surface area contributed by atoms with Gasteiger partial charge in [0, 0.05) is 25.0 Å². The van der Waals surface area contributed by atoms with Crippen LogP contribution in [0.15, 0.2) is 11.9 Å². The zero-order chi connectivity index (χ0) is 9.52. The Labute approximate surface area is 79.5 Å². The molecule has 1 atom stereocenters. The maximum absolute atomic E-state index is 5.45. The fourth-order valence-electron chi connectivity index (χ4n) is 1.17. The second-order valence-electron chi connectivity index (χ2n) is 3.25. The lowest BCUT2D eigenvalue weighted by atomic mass is 10.2. The average Bonchev–Trinajstić information content (AvgIpc) is 2.64. The Hall–Kier alpha value is -0.740. The number of allylic oxidation sites excluding steroid dienone is 1. The molecule has 0 aromatic rings. The molecule has 1 aliphatic rings. The second-order valence-corrected chi connectivity index (χ2v) is 3.25. The molecule has 0 fully saturated rings. The lowest BCUT2D eigenvalue weighted by Crippen LogP contribution is -2.20. The van der Waals surface area contributed by atoms with Crippen LogP contribution in [0.5, 0.6) is 0 Å². The molecule has 0 bridgehead atoms. The van der Waals surface area contributed by atoms with Crippen molar-refractivity contribution in [2.24, 2.45) is 5.73 Å². The summed E-state index contributed by atoms with van der Waals surface area (Å²) in [4.78, 5) is 0. The van der Waals surface area contributed by atoms with Crippen molar-refractivity contribution in [3.63, 3.8) is 0 Å². The SMILES string of the molecule is CC(CN)OCCCC1=CNCN1. The number of hydrogen-bond acceptors (Lipinski definition) is 4. The highest BCUT2D eigenvalue weighted by molar-refractivity contribution is 5.02. The summed E-state index contributed by atoms with van der Waals surface area (Å²) in [6, 6.07) is 0. The van der Waals surface area contributed by atoms with Crippen molar-refractivity contribution in [3.05, 3.63) is 11.9 Å². The van der Waals surface area contributed by atoms with Crippen molar-refractivity contribution < 1.29 is 4.74 Å². The number of nitrogens with one attached hydrogen (secondary N) is 2. The smallest absolute Gasteiger partial charge is 0.0843 e. The van der Waals surface area contributed by atoms with Gasteiger partial charge in [-0.3, -0.25) is 0 Å². The van der Waals surface area contributed by atoms with Crippen LogP contribution < -0.4 is 16.4 Å². The Morgan fingerprint density at radius 2 is 2.54 bits per heavy atom. The topological polar surface area (TPSA) is 59.3 Å². The molecule has 4 N–H and O–H groups in total. The van der Waals surface area contributed by atoms with Crippen LogP contribution in [0, 0.1) is 0 Å². The van der Waals surface area contributed by atoms with E-state index in [-0.39, 0.29) is 6.10 Å². The molecule has 1 rings (SSSR count). The molecular formula is C9H19N3O. The molecule has 4 nitrogen and oxygen atoms in total. The molecule has 0 saturated carbocycles. The van der Waals surface area contributed by atoms with Gasteiger partial charge in [-0.1, -0.05) is 0 Å². The van der Waals surface area contributed by atoms with E-state index in [4.69, 9.17) is 10.5 Å². The predicted molar refractivity (Wildman–Crippen MR) is 52.9 cm³/mol. The molecule has 0 spiro atoms. The molecule has 0 saturated heterocycles. The summed E-state index contributed by atoms with van der Waals surface area (Å²) in [7, 11) is 0. The van der Waals surface area contributed by atoms with Crippen LogP contribution in [-0.2, 0) is 4.74 Å². The fourth-order valence-corrected chi connectivity index (χ4v) is 1.17. The summed E-state index contributed by atoms with van der Waals surface area (Å²) in [6.07, 6.45) is 4.30. The molecule has 0 radical (unpaired) electrons. The Kier molecular flexibility index (Phi) is 4.64. The predicted octanol–water partition coefficient (Wildman–Crippen LogP) is 0.122. The van der Waals surface area contributed by atoms with Gasteiger partial charge in [0.2, 0.25) is 0 Å². The Morgan fingerprint density at radius 3 is 3.15 bits per heavy atom. The highest BCUT2D eigenvalue weighted by Crippen LogP contribution is 2.03. The van der Waals surface area contributed by atoms with Gasteiger partial charge in [-0.05, 0) is 19.8 Å². The summed E-state index contributed by atoms with van der Waals surface area (Å²) < 4.78 is 5.45. The van der Waals surface area contributed by atoms with Crippen molar-refractivity contribution in [1.82, 2.24) is 10.6 Å². The molecule has 1 unspecified atom stereocenters. The highest BCUT2D eigenvalue weighted by Gasteiger charge is 2.02. The number of ether oxygens (including phenoxy) is 1. The number of nitrogens with two attached hydrogens (primary N) is 1. The summed E-state index contributed by atoms with van der Waals surface area (Å²) in [6.45, 7) is 4.24. The van der Waals surface area contributed by atoms with Crippen molar-refractivity contribution in [2.75, 3.05) is 19.8 Å². The molecular weight excluding hydrogens is 166 g/mol. The third-order valence-electron chi connectivity index (χ3n) is 2.02. The standard InChI is InChI=1S/C9H19N3O/c1-8(5-10)13-4-2-3-9-6-11-7-12-9/h6,8,11-12H,2-5,7,10H2,1H3. The minimum Gasteiger partial charge on any atom is -0.377 e. The first kappa shape index (κ1) is 10.3. The molecule has 0 amide bonds. The highest BCUT2D eigenvalue weighted by atomic mass is 16.5. The van der Waals surface area contributed by atoms with E-state index in [2.05, 4.69) is 10.6 Å². The minimum atomic E-state index is 0.184. The van der Waals surface area contributed by atoms with Crippen molar-refractivity contribution in [1.29, 1.82) is 0 Å². The van der Waals surface area contributed by atoms with Crippen LogP contribution in [0.2, 0.25) is 0 Å². The van der Waals surface area contributed by atoms with Gasteiger partial charge in [-0.25, -0.2) is 0 Å². The lowest BCUT2D eigenvalue weighted by molar-refractivity contribution is 0.0702. The molecule has 4 heteroatoms. The molecule has 13 heavy (non-hydrogen) atoms. The van der Waals surface area contributed by atoms with Gasteiger partial charge in [-0.15, -0.1) is 0 Å². The van der Waals surface area contributed by atoms with E-state index in [1.807, 2.05) is 13.1 Å². The maximum Gasteiger partial charge on any atom is 0.0843 e. The van der Waals surface area contributed by atoms with Gasteiger partial charge >= 0.3 is 0 Å². The van der Waals surface area contributed by atoms with Crippen LogP contribution in [0.25, 0.3) is 0 Å². The third kappa shape index (κ3) is 4.15. The first-order chi connectivity index (χ1) is 6.33. The van der Waals surface area contributed by atoms with E-state index in [1.54, 1.807) is 0 Å². The zero-order valence-corrected chi connectivity index (χ0v) is 8.18. The van der Waals surface area contributed by atoms with Gasteiger partial charge in [0.15, 0.2) is 0 Å². The summed E-state index contributed by atoms with van der Waals surface area (Å²) in [5.41, 5.74) is 6.69. The normalized spacial score (nSPS) is 17.5. The number of hydrogen-bond donors (Lipinski definition) is 3. The Balaban J connectivity index is 1.94. The Bertz CT molecular complexity index is 170. The summed E-state index contributed by atoms with van der Waals surface area (Å²) in [5.74, 6) is 0. The van der Waals surface area contributed by atoms with Crippen LogP contribution in [-0.4, -0.2) is 25.9 Å². The fraction of sp³-hybridized carbons (Fsp3) is 0.778. The largest absolute Gasteiger partial charge is 0.377 e. The quantitative estimate of drug-likeness (QED) is 0.514. The molecule has 0 aromatic heterocycles. The van der Waals surface area contributed by atoms with Gasteiger partial charge in [0.1, 0.15) is 0 Å². The molecule has 1 heterocycles. The van der Waals surface area contributed by atoms with Crippen LogP contribution in [0.3, 0.4) is 0 Å². The zero-order valence-electron chi connectivity index (χ0n) is 8.18. The van der Waals surface area contributed by atoms with E-state index >= 15 is 0 Å². The maximum atomic E-state index is 5.45. The third-order valence-corrected chi connectivity index (χ3v) is 2.02. The summed E-state index contributed by atoms with van der Waals surface area (Å²) >= 11 is 0. The Morgan fingerprint density at radius 1 is 1.69 bits per heavy atom. The second kappa shape index (κ2) is 5.83. The average molecular weight is 185 g/mol. The van der Waals surface area contributed by atoms with Crippen LogP contribution in [0.4, 0.5) is 0 Å². The molecule has 1 aliphatic heterocycles. The lowest BCUT2D eigenvalue weighted by Gasteiger charge is -2.10. The minimum absolute atomic E-state index is 0.184. The van der Waals surface area contributed by atoms with Gasteiger partial charge in [0.05, 0.1) is 12.8 Å². The van der Waals surface area contributed by atoms with E-state index < -0.39 is 0 Å². The van der Waals surface area contributed by atoms with Gasteiger partial charge in [-0.2, -0.15) is 0 Å². The first-order valence-corrected chi connectivity index (χ1v) is 4.81. The van der Waals surface area contributed by atoms with Gasteiger partial charge < -0.3 is 21.1 Å². The van der Waals surface area contributed by atoms with Crippen LogP contribution >= 0.6 is 0 Å². The number of rotatable bonds is 6. The van der Waals surface area contributed by atoms with Gasteiger partial charge in [0.25, 0.3) is 0 Å². The van der Waals surface area contributed by atoms with Crippen LogP contribution in [0.1, 0.15) is 19.8 Å². The molecule has 76 valence electrons. The van der Waals surface area contributed by atoms with E-state index in [1.165, 1.54) is 5.70 Å².